The van der Waals surface area contributed by atoms with E-state index in [4.69, 9.17) is 4.74 Å². The van der Waals surface area contributed by atoms with Crippen LogP contribution in [0.4, 0.5) is 13.2 Å². The van der Waals surface area contributed by atoms with E-state index in [1.165, 1.54) is 29.7 Å². The smallest absolute Gasteiger partial charge is 0.494 e. The maximum atomic E-state index is 12.1. The molecule has 0 radical (unpaired) electrons. The highest BCUT2D eigenvalue weighted by Gasteiger charge is 2.34. The lowest BCUT2D eigenvalue weighted by Crippen LogP contribution is -2.19. The van der Waals surface area contributed by atoms with Crippen LogP contribution in [-0.2, 0) is 0 Å². The van der Waals surface area contributed by atoms with Crippen LogP contribution in [0.25, 0.3) is 0 Å². The van der Waals surface area contributed by atoms with Crippen LogP contribution in [0, 0.1) is 3.70 Å². The van der Waals surface area contributed by atoms with Gasteiger partial charge in [0.25, 0.3) is 0 Å². The van der Waals surface area contributed by atoms with Gasteiger partial charge >= 0.3 is 6.36 Å². The summed E-state index contributed by atoms with van der Waals surface area (Å²) in [6.07, 6.45) is -3.51. The molecule has 0 atom stereocenters. The molecule has 0 aromatic carbocycles. The Kier molecular flexibility index (Phi) is 3.94. The van der Waals surface area contributed by atoms with Crippen LogP contribution in [0.3, 0.4) is 0 Å². The Bertz CT molecular complexity index is 408. The van der Waals surface area contributed by atoms with Crippen LogP contribution in [0.5, 0.6) is 11.5 Å². The number of halogens is 4. The summed E-state index contributed by atoms with van der Waals surface area (Å²) >= 11 is 1.53. The average Bonchev–Trinajstić information content (AvgIpc) is 2.19. The number of hydrogen-bond acceptors (Lipinski definition) is 4. The van der Waals surface area contributed by atoms with E-state index in [2.05, 4.69) is 9.72 Å². The van der Waals surface area contributed by atoms with Gasteiger partial charge in [0.15, 0.2) is 17.8 Å². The Hall–Kier alpha value is -1.06. The second-order valence-corrected chi connectivity index (χ2v) is 3.55. The van der Waals surface area contributed by atoms with Gasteiger partial charge in [-0.15, -0.1) is 13.2 Å². The number of carbonyl (C=O) groups is 1. The van der Waals surface area contributed by atoms with E-state index in [1.807, 2.05) is 0 Å². The van der Waals surface area contributed by atoms with Crippen molar-refractivity contribution in [1.82, 2.24) is 4.98 Å². The molecular formula is C8H5F3INO3. The van der Waals surface area contributed by atoms with E-state index >= 15 is 0 Å². The molecule has 0 unspecified atom stereocenters. The highest BCUT2D eigenvalue weighted by Crippen LogP contribution is 2.33. The molecule has 0 saturated carbocycles. The molecule has 0 spiro atoms. The molecule has 0 aliphatic rings. The molecule has 8 heteroatoms. The van der Waals surface area contributed by atoms with E-state index in [9.17, 15) is 18.0 Å². The van der Waals surface area contributed by atoms with Gasteiger partial charge in [-0.2, -0.15) is 0 Å². The molecule has 16 heavy (non-hydrogen) atoms. The Labute approximate surface area is 102 Å². The molecule has 1 aromatic heterocycles. The second kappa shape index (κ2) is 4.85. The summed E-state index contributed by atoms with van der Waals surface area (Å²) in [5, 5.41) is 0. The summed E-state index contributed by atoms with van der Waals surface area (Å²) in [7, 11) is 1.22. The Morgan fingerprint density at radius 1 is 1.50 bits per heavy atom. The van der Waals surface area contributed by atoms with Gasteiger partial charge in [0, 0.05) is 0 Å². The zero-order chi connectivity index (χ0) is 12.3. The SMILES string of the molecule is COc1cnc(I)c(OC(F)(F)F)c1C=O. The number of pyridine rings is 1. The summed E-state index contributed by atoms with van der Waals surface area (Å²) in [4.78, 5) is 14.3. The number of methoxy groups -OCH3 is 1. The first-order valence-corrected chi connectivity index (χ1v) is 4.90. The minimum Gasteiger partial charge on any atom is -0.494 e. The third-order valence-electron chi connectivity index (χ3n) is 1.55. The van der Waals surface area contributed by atoms with Gasteiger partial charge in [-0.3, -0.25) is 4.79 Å². The van der Waals surface area contributed by atoms with Gasteiger partial charge in [-0.05, 0) is 22.6 Å². The van der Waals surface area contributed by atoms with Crippen LogP contribution in [0.2, 0.25) is 0 Å². The van der Waals surface area contributed by atoms with Crippen LogP contribution >= 0.6 is 22.6 Å². The molecule has 88 valence electrons. The first-order valence-electron chi connectivity index (χ1n) is 3.82. The number of rotatable bonds is 3. The standard InChI is InChI=1S/C8H5F3INO3/c1-15-5-2-13-7(12)6(4(5)3-14)16-8(9,10)11/h2-3H,1H3. The summed E-state index contributed by atoms with van der Waals surface area (Å²) < 4.78 is 44.5. The van der Waals surface area contributed by atoms with Gasteiger partial charge in [0.1, 0.15) is 9.26 Å². The van der Waals surface area contributed by atoms with Gasteiger partial charge in [-0.25, -0.2) is 4.98 Å². The fourth-order valence-electron chi connectivity index (χ4n) is 0.954. The first-order chi connectivity index (χ1) is 7.39. The first kappa shape index (κ1) is 13.0. The fourth-order valence-corrected chi connectivity index (χ4v) is 1.49. The van der Waals surface area contributed by atoms with Crippen LogP contribution < -0.4 is 9.47 Å². The average molecular weight is 347 g/mol. The van der Waals surface area contributed by atoms with Crippen LogP contribution in [-0.4, -0.2) is 24.7 Å². The van der Waals surface area contributed by atoms with Crippen molar-refractivity contribution >= 4 is 28.9 Å². The maximum Gasteiger partial charge on any atom is 0.573 e. The number of ether oxygens (including phenoxy) is 2. The van der Waals surface area contributed by atoms with Crippen molar-refractivity contribution in [3.8, 4) is 11.5 Å². The molecule has 0 amide bonds. The van der Waals surface area contributed by atoms with Crippen molar-refractivity contribution in [1.29, 1.82) is 0 Å². The number of nitrogens with zero attached hydrogens (tertiary/aromatic N) is 1. The van der Waals surface area contributed by atoms with E-state index in [0.717, 1.165) is 6.20 Å². The molecule has 0 aliphatic heterocycles. The van der Waals surface area contributed by atoms with E-state index < -0.39 is 12.1 Å². The Morgan fingerprint density at radius 2 is 2.12 bits per heavy atom. The topological polar surface area (TPSA) is 48.4 Å². The molecule has 0 N–H and O–H groups in total. The normalized spacial score (nSPS) is 11.1. The summed E-state index contributed by atoms with van der Waals surface area (Å²) in [5.41, 5.74) is -0.320. The summed E-state index contributed by atoms with van der Waals surface area (Å²) in [6.45, 7) is 0. The minimum atomic E-state index is -4.88. The molecule has 0 aliphatic carbocycles. The lowest BCUT2D eigenvalue weighted by Gasteiger charge is -2.13. The van der Waals surface area contributed by atoms with E-state index in [0.29, 0.717) is 0 Å². The second-order valence-electron chi connectivity index (χ2n) is 2.53. The number of aromatic nitrogens is 1. The Morgan fingerprint density at radius 3 is 2.56 bits per heavy atom. The van der Waals surface area contributed by atoms with Gasteiger partial charge in [0.05, 0.1) is 13.3 Å². The summed E-state index contributed by atoms with van der Waals surface area (Å²) in [5.74, 6) is -0.725. The zero-order valence-corrected chi connectivity index (χ0v) is 10.00. The highest BCUT2D eigenvalue weighted by atomic mass is 127. The number of hydrogen-bond donors (Lipinski definition) is 0. The summed E-state index contributed by atoms with van der Waals surface area (Å²) in [6, 6.07) is 0. The lowest BCUT2D eigenvalue weighted by molar-refractivity contribution is -0.275. The third kappa shape index (κ3) is 2.97. The number of aldehydes is 1. The molecule has 1 heterocycles. The Balaban J connectivity index is 3.29. The van der Waals surface area contributed by atoms with Gasteiger partial charge < -0.3 is 9.47 Å². The highest BCUT2D eigenvalue weighted by molar-refractivity contribution is 14.1. The molecule has 0 fully saturated rings. The van der Waals surface area contributed by atoms with Gasteiger partial charge in [0.2, 0.25) is 0 Å². The van der Waals surface area contributed by atoms with Gasteiger partial charge in [-0.1, -0.05) is 0 Å². The number of alkyl halides is 3. The fraction of sp³-hybridized carbons (Fsp3) is 0.250. The van der Waals surface area contributed by atoms with Crippen LogP contribution in [0.1, 0.15) is 10.4 Å². The van der Waals surface area contributed by atoms with Crippen molar-refractivity contribution < 1.29 is 27.4 Å². The monoisotopic (exact) mass is 347 g/mol. The van der Waals surface area contributed by atoms with Crippen molar-refractivity contribution in [3.63, 3.8) is 0 Å². The lowest BCUT2D eigenvalue weighted by atomic mass is 10.2. The van der Waals surface area contributed by atoms with E-state index in [1.54, 1.807) is 0 Å². The van der Waals surface area contributed by atoms with Crippen LogP contribution in [0.15, 0.2) is 6.20 Å². The molecule has 1 aromatic rings. The van der Waals surface area contributed by atoms with Crippen molar-refractivity contribution in [3.05, 3.63) is 15.5 Å². The van der Waals surface area contributed by atoms with Crippen molar-refractivity contribution in [2.24, 2.45) is 0 Å². The molecule has 1 rings (SSSR count). The van der Waals surface area contributed by atoms with Crippen molar-refractivity contribution in [2.45, 2.75) is 6.36 Å². The predicted molar refractivity (Wildman–Crippen MR) is 55.6 cm³/mol. The third-order valence-corrected chi connectivity index (χ3v) is 2.32. The van der Waals surface area contributed by atoms with Crippen molar-refractivity contribution in [2.75, 3.05) is 7.11 Å². The molecule has 0 saturated heterocycles. The molecule has 0 bridgehead atoms. The quantitative estimate of drug-likeness (QED) is 0.479. The zero-order valence-electron chi connectivity index (χ0n) is 7.84. The number of carbonyl (C=O) groups excluding carboxylic acids is 1. The maximum absolute atomic E-state index is 12.1. The van der Waals surface area contributed by atoms with E-state index in [-0.39, 0.29) is 21.3 Å². The molecular weight excluding hydrogens is 342 g/mol. The minimum absolute atomic E-state index is 0.0715. The largest absolute Gasteiger partial charge is 0.573 e. The predicted octanol–water partition coefficient (Wildman–Crippen LogP) is 2.41. The molecule has 4 nitrogen and oxygen atoms in total.